The van der Waals surface area contributed by atoms with Gasteiger partial charge >= 0.3 is 0 Å². The van der Waals surface area contributed by atoms with E-state index in [1.54, 1.807) is 12.4 Å². The summed E-state index contributed by atoms with van der Waals surface area (Å²) in [4.78, 5) is 25.0. The highest BCUT2D eigenvalue weighted by Crippen LogP contribution is 2.07. The van der Waals surface area contributed by atoms with Gasteiger partial charge in [0.05, 0.1) is 12.2 Å². The van der Waals surface area contributed by atoms with Crippen molar-refractivity contribution in [2.75, 3.05) is 44.6 Å². The van der Waals surface area contributed by atoms with Crippen LogP contribution in [0, 0.1) is 0 Å². The summed E-state index contributed by atoms with van der Waals surface area (Å²) in [5.74, 6) is 0.160. The Labute approximate surface area is 142 Å². The number of hydrogen-bond donors (Lipinski definition) is 1. The molecule has 0 spiro atoms. The van der Waals surface area contributed by atoms with E-state index in [0.29, 0.717) is 6.54 Å². The first-order valence-electron chi connectivity index (χ1n) is 8.35. The van der Waals surface area contributed by atoms with Gasteiger partial charge in [-0.3, -0.25) is 19.7 Å². The molecule has 0 atom stereocenters. The first-order chi connectivity index (χ1) is 11.8. The lowest BCUT2D eigenvalue weighted by molar-refractivity contribution is -0.131. The zero-order valence-corrected chi connectivity index (χ0v) is 13.8. The largest absolute Gasteiger partial charge is 0.376 e. The maximum atomic E-state index is 12.3. The van der Waals surface area contributed by atoms with Gasteiger partial charge in [0.15, 0.2) is 0 Å². The van der Waals surface area contributed by atoms with Crippen molar-refractivity contribution >= 4 is 11.6 Å². The van der Waals surface area contributed by atoms with Crippen molar-refractivity contribution in [3.63, 3.8) is 0 Å². The number of nitrogens with zero attached hydrogens (tertiary/aromatic N) is 4. The number of nitrogens with one attached hydrogen (secondary N) is 1. The van der Waals surface area contributed by atoms with Crippen molar-refractivity contribution in [2.45, 2.75) is 6.42 Å². The van der Waals surface area contributed by atoms with Crippen molar-refractivity contribution in [3.8, 4) is 0 Å². The Kier molecular flexibility index (Phi) is 5.74. The molecule has 0 unspecified atom stereocenters. The second kappa shape index (κ2) is 8.40. The molecule has 1 aromatic heterocycles. The Morgan fingerprint density at radius 1 is 1.08 bits per heavy atom. The molecule has 0 saturated carbocycles. The van der Waals surface area contributed by atoms with E-state index in [2.05, 4.69) is 20.2 Å². The molecule has 1 aromatic carbocycles. The van der Waals surface area contributed by atoms with Gasteiger partial charge in [0, 0.05) is 63.4 Å². The molecule has 1 N–H and O–H groups in total. The molecule has 0 aliphatic carbocycles. The molecule has 1 saturated heterocycles. The lowest BCUT2D eigenvalue weighted by atomic mass is 10.2. The summed E-state index contributed by atoms with van der Waals surface area (Å²) in [6, 6.07) is 9.83. The molecule has 126 valence electrons. The number of amides is 1. The molecule has 2 heterocycles. The van der Waals surface area contributed by atoms with Gasteiger partial charge in [-0.05, 0) is 12.1 Å². The number of carbonyl (C=O) groups excluding carboxylic acids is 1. The average Bonchev–Trinajstić information content (AvgIpc) is 2.66. The molecule has 6 nitrogen and oxygen atoms in total. The second-order valence-corrected chi connectivity index (χ2v) is 5.89. The summed E-state index contributed by atoms with van der Waals surface area (Å²) in [7, 11) is 0. The van der Waals surface area contributed by atoms with Crippen LogP contribution in [0.3, 0.4) is 0 Å². The normalized spacial score (nSPS) is 15.2. The predicted octanol–water partition coefficient (Wildman–Crippen LogP) is 1.28. The molecule has 1 amide bonds. The van der Waals surface area contributed by atoms with Crippen LogP contribution in [0.4, 0.5) is 5.69 Å². The third-order valence-electron chi connectivity index (χ3n) is 4.24. The topological polar surface area (TPSA) is 61.4 Å². The van der Waals surface area contributed by atoms with Crippen LogP contribution in [-0.4, -0.2) is 64.9 Å². The van der Waals surface area contributed by atoms with Gasteiger partial charge in [-0.25, -0.2) is 0 Å². The molecule has 3 rings (SSSR count). The van der Waals surface area contributed by atoms with Crippen LogP contribution >= 0.6 is 0 Å². The number of anilines is 1. The number of piperazine rings is 1. The average molecular weight is 325 g/mol. The van der Waals surface area contributed by atoms with E-state index in [1.807, 2.05) is 41.4 Å². The Hall–Kier alpha value is -2.47. The van der Waals surface area contributed by atoms with Crippen molar-refractivity contribution in [1.82, 2.24) is 19.8 Å². The molecule has 1 aliphatic heterocycles. The van der Waals surface area contributed by atoms with Crippen LogP contribution in [-0.2, 0) is 11.2 Å². The Morgan fingerprint density at radius 2 is 1.88 bits per heavy atom. The van der Waals surface area contributed by atoms with Gasteiger partial charge in [-0.2, -0.15) is 0 Å². The smallest absolute Gasteiger partial charge is 0.241 e. The first kappa shape index (κ1) is 16.4. The number of rotatable bonds is 6. The Balaban J connectivity index is 1.37. The zero-order chi connectivity index (χ0) is 16.6. The van der Waals surface area contributed by atoms with Gasteiger partial charge in [-0.1, -0.05) is 18.2 Å². The first-order valence-corrected chi connectivity index (χ1v) is 8.35. The van der Waals surface area contributed by atoms with E-state index in [-0.39, 0.29) is 5.91 Å². The molecule has 24 heavy (non-hydrogen) atoms. The lowest BCUT2D eigenvalue weighted by Gasteiger charge is -2.34. The molecule has 6 heteroatoms. The summed E-state index contributed by atoms with van der Waals surface area (Å²) in [6.45, 7) is 4.72. The summed E-state index contributed by atoms with van der Waals surface area (Å²) >= 11 is 0. The predicted molar refractivity (Wildman–Crippen MR) is 93.7 cm³/mol. The van der Waals surface area contributed by atoms with Gasteiger partial charge in [0.2, 0.25) is 5.91 Å². The number of aromatic nitrogens is 2. The summed E-state index contributed by atoms with van der Waals surface area (Å²) in [5.41, 5.74) is 2.00. The van der Waals surface area contributed by atoms with Crippen LogP contribution in [0.25, 0.3) is 0 Å². The van der Waals surface area contributed by atoms with E-state index >= 15 is 0 Å². The van der Waals surface area contributed by atoms with Crippen LogP contribution in [0.5, 0.6) is 0 Å². The van der Waals surface area contributed by atoms with Crippen LogP contribution in [0.15, 0.2) is 48.9 Å². The highest BCUT2D eigenvalue weighted by Gasteiger charge is 2.20. The quantitative estimate of drug-likeness (QED) is 0.867. The van der Waals surface area contributed by atoms with E-state index in [0.717, 1.165) is 50.5 Å². The third-order valence-corrected chi connectivity index (χ3v) is 4.24. The molecule has 0 bridgehead atoms. The maximum absolute atomic E-state index is 12.3. The fourth-order valence-corrected chi connectivity index (χ4v) is 2.80. The zero-order valence-electron chi connectivity index (χ0n) is 13.8. The van der Waals surface area contributed by atoms with E-state index in [1.165, 1.54) is 0 Å². The minimum Gasteiger partial charge on any atom is -0.376 e. The molecular weight excluding hydrogens is 302 g/mol. The van der Waals surface area contributed by atoms with Crippen molar-refractivity contribution in [1.29, 1.82) is 0 Å². The summed E-state index contributed by atoms with van der Waals surface area (Å²) in [5, 5.41) is 3.18. The molecule has 2 aromatic rings. The monoisotopic (exact) mass is 325 g/mol. The third kappa shape index (κ3) is 4.76. The van der Waals surface area contributed by atoms with E-state index in [4.69, 9.17) is 0 Å². The lowest BCUT2D eigenvalue weighted by Crippen LogP contribution is -2.50. The molecule has 0 radical (unpaired) electrons. The van der Waals surface area contributed by atoms with Gasteiger partial charge in [0.25, 0.3) is 0 Å². The van der Waals surface area contributed by atoms with E-state index in [9.17, 15) is 4.79 Å². The number of benzene rings is 1. The summed E-state index contributed by atoms with van der Waals surface area (Å²) in [6.07, 6.45) is 6.13. The molecular formula is C18H23N5O. The Morgan fingerprint density at radius 3 is 2.58 bits per heavy atom. The minimum atomic E-state index is 0.160. The van der Waals surface area contributed by atoms with Crippen LogP contribution in [0.1, 0.15) is 5.69 Å². The number of para-hydroxylation sites is 1. The van der Waals surface area contributed by atoms with Gasteiger partial charge < -0.3 is 10.2 Å². The van der Waals surface area contributed by atoms with Gasteiger partial charge in [-0.15, -0.1) is 0 Å². The summed E-state index contributed by atoms with van der Waals surface area (Å²) < 4.78 is 0. The number of carbonyl (C=O) groups is 1. The second-order valence-electron chi connectivity index (χ2n) is 5.89. The van der Waals surface area contributed by atoms with Crippen LogP contribution < -0.4 is 5.32 Å². The number of hydrogen-bond acceptors (Lipinski definition) is 5. The SMILES string of the molecule is O=C(CNc1ccccc1)N1CCN(CCc2cnccn2)CC1. The standard InChI is InChI=1S/C18H23N5O/c24-18(15-21-16-4-2-1-3-5-16)23-12-10-22(11-13-23)9-6-17-14-19-7-8-20-17/h1-5,7-8,14,21H,6,9-13,15H2. The highest BCUT2D eigenvalue weighted by atomic mass is 16.2. The van der Waals surface area contributed by atoms with Crippen molar-refractivity contribution in [2.24, 2.45) is 0 Å². The van der Waals surface area contributed by atoms with Crippen LogP contribution in [0.2, 0.25) is 0 Å². The van der Waals surface area contributed by atoms with Crippen molar-refractivity contribution in [3.05, 3.63) is 54.6 Å². The maximum Gasteiger partial charge on any atom is 0.241 e. The highest BCUT2D eigenvalue weighted by molar-refractivity contribution is 5.81. The molecule has 1 fully saturated rings. The minimum absolute atomic E-state index is 0.160. The fraction of sp³-hybridized carbons (Fsp3) is 0.389. The van der Waals surface area contributed by atoms with E-state index < -0.39 is 0 Å². The van der Waals surface area contributed by atoms with Crippen molar-refractivity contribution < 1.29 is 4.79 Å². The molecule has 1 aliphatic rings. The van der Waals surface area contributed by atoms with Gasteiger partial charge in [0.1, 0.15) is 0 Å². The Bertz CT molecular complexity index is 626. The fourth-order valence-electron chi connectivity index (χ4n) is 2.80.